The van der Waals surface area contributed by atoms with Crippen LogP contribution in [0.3, 0.4) is 0 Å². The standard InChI is InChI=1S/C13H16O/c1-5-11-13(14-11)12-9(3)6-8(2)7-10(12)4/h5-7,11,13H,1H2,2-4H3. The Morgan fingerprint density at radius 2 is 1.79 bits per heavy atom. The highest BCUT2D eigenvalue weighted by Crippen LogP contribution is 2.42. The highest BCUT2D eigenvalue weighted by molar-refractivity contribution is 5.41. The lowest BCUT2D eigenvalue weighted by Crippen LogP contribution is -1.94. The van der Waals surface area contributed by atoms with Crippen molar-refractivity contribution in [3.05, 3.63) is 47.0 Å². The molecule has 0 aromatic heterocycles. The van der Waals surface area contributed by atoms with Gasteiger partial charge in [0, 0.05) is 0 Å². The zero-order valence-electron chi connectivity index (χ0n) is 9.00. The maximum absolute atomic E-state index is 5.54. The van der Waals surface area contributed by atoms with Gasteiger partial charge in [-0.15, -0.1) is 6.58 Å². The minimum atomic E-state index is 0.232. The fourth-order valence-corrected chi connectivity index (χ4v) is 2.18. The molecule has 1 aliphatic rings. The summed E-state index contributed by atoms with van der Waals surface area (Å²) in [5, 5.41) is 0. The maximum atomic E-state index is 5.54. The van der Waals surface area contributed by atoms with Crippen LogP contribution in [0.25, 0.3) is 0 Å². The first-order valence-corrected chi connectivity index (χ1v) is 4.99. The monoisotopic (exact) mass is 188 g/mol. The number of hydrogen-bond donors (Lipinski definition) is 0. The van der Waals surface area contributed by atoms with E-state index in [9.17, 15) is 0 Å². The zero-order chi connectivity index (χ0) is 10.3. The van der Waals surface area contributed by atoms with Crippen molar-refractivity contribution in [2.45, 2.75) is 33.0 Å². The number of ether oxygens (including phenoxy) is 1. The Hall–Kier alpha value is -1.08. The van der Waals surface area contributed by atoms with Crippen LogP contribution < -0.4 is 0 Å². The molecule has 2 unspecified atom stereocenters. The Kier molecular flexibility index (Phi) is 2.20. The SMILES string of the molecule is C=CC1OC1c1c(C)cc(C)cc1C. The first-order chi connectivity index (χ1) is 6.63. The molecule has 2 rings (SSSR count). The topological polar surface area (TPSA) is 12.5 Å². The second-order valence-electron chi connectivity index (χ2n) is 4.07. The van der Waals surface area contributed by atoms with Crippen molar-refractivity contribution in [2.24, 2.45) is 0 Å². The molecule has 0 spiro atoms. The van der Waals surface area contributed by atoms with Gasteiger partial charge in [0.2, 0.25) is 0 Å². The second kappa shape index (κ2) is 3.25. The first kappa shape index (κ1) is 9.47. The summed E-state index contributed by atoms with van der Waals surface area (Å²) in [5.41, 5.74) is 5.33. The van der Waals surface area contributed by atoms with Gasteiger partial charge in [-0.3, -0.25) is 0 Å². The normalized spacial score (nSPS) is 24.8. The van der Waals surface area contributed by atoms with Crippen molar-refractivity contribution in [1.82, 2.24) is 0 Å². The van der Waals surface area contributed by atoms with Gasteiger partial charge in [0.05, 0.1) is 0 Å². The molecule has 2 atom stereocenters. The van der Waals surface area contributed by atoms with E-state index in [0.29, 0.717) is 0 Å². The van der Waals surface area contributed by atoms with Gasteiger partial charge >= 0.3 is 0 Å². The molecule has 0 bridgehead atoms. The number of epoxide rings is 1. The maximum Gasteiger partial charge on any atom is 0.114 e. The molecule has 0 radical (unpaired) electrons. The van der Waals surface area contributed by atoms with Crippen LogP contribution in [0, 0.1) is 20.8 Å². The smallest absolute Gasteiger partial charge is 0.114 e. The first-order valence-electron chi connectivity index (χ1n) is 4.99. The molecule has 1 heterocycles. The Morgan fingerprint density at radius 3 is 2.21 bits per heavy atom. The number of hydrogen-bond acceptors (Lipinski definition) is 1. The Morgan fingerprint density at radius 1 is 1.21 bits per heavy atom. The van der Waals surface area contributed by atoms with Crippen molar-refractivity contribution in [3.63, 3.8) is 0 Å². The van der Waals surface area contributed by atoms with Crippen LogP contribution in [0.5, 0.6) is 0 Å². The predicted octanol–water partition coefficient (Wildman–Crippen LogP) is 3.24. The van der Waals surface area contributed by atoms with Crippen LogP contribution in [0.1, 0.15) is 28.4 Å². The molecule has 1 saturated heterocycles. The van der Waals surface area contributed by atoms with E-state index in [1.165, 1.54) is 22.3 Å². The molecule has 1 aromatic rings. The van der Waals surface area contributed by atoms with Crippen molar-refractivity contribution in [2.75, 3.05) is 0 Å². The molecular weight excluding hydrogens is 172 g/mol. The van der Waals surface area contributed by atoms with Crippen LogP contribution >= 0.6 is 0 Å². The largest absolute Gasteiger partial charge is 0.360 e. The van der Waals surface area contributed by atoms with Gasteiger partial charge in [0.25, 0.3) is 0 Å². The van der Waals surface area contributed by atoms with Gasteiger partial charge in [-0.25, -0.2) is 0 Å². The number of aryl methyl sites for hydroxylation is 3. The molecule has 1 nitrogen and oxygen atoms in total. The van der Waals surface area contributed by atoms with E-state index in [2.05, 4.69) is 39.5 Å². The van der Waals surface area contributed by atoms with E-state index < -0.39 is 0 Å². The van der Waals surface area contributed by atoms with E-state index in [4.69, 9.17) is 4.74 Å². The van der Waals surface area contributed by atoms with E-state index in [0.717, 1.165) is 0 Å². The summed E-state index contributed by atoms with van der Waals surface area (Å²) in [4.78, 5) is 0. The summed E-state index contributed by atoms with van der Waals surface area (Å²) in [6.45, 7) is 10.2. The summed E-state index contributed by atoms with van der Waals surface area (Å²) in [5.74, 6) is 0. The average Bonchev–Trinajstić information content (AvgIpc) is 2.81. The molecule has 1 heteroatoms. The Balaban J connectivity index is 2.39. The van der Waals surface area contributed by atoms with E-state index in [1.807, 2.05) is 6.08 Å². The predicted molar refractivity (Wildman–Crippen MR) is 58.5 cm³/mol. The average molecular weight is 188 g/mol. The van der Waals surface area contributed by atoms with Crippen molar-refractivity contribution in [3.8, 4) is 0 Å². The zero-order valence-corrected chi connectivity index (χ0v) is 9.00. The summed E-state index contributed by atoms with van der Waals surface area (Å²) in [6, 6.07) is 4.42. The van der Waals surface area contributed by atoms with Crippen LogP contribution in [0.4, 0.5) is 0 Å². The third-order valence-electron chi connectivity index (χ3n) is 2.78. The third kappa shape index (κ3) is 1.48. The molecule has 0 amide bonds. The van der Waals surface area contributed by atoms with Crippen molar-refractivity contribution in [1.29, 1.82) is 0 Å². The molecule has 0 saturated carbocycles. The van der Waals surface area contributed by atoms with Gasteiger partial charge in [-0.2, -0.15) is 0 Å². The molecule has 1 fully saturated rings. The molecule has 0 aliphatic carbocycles. The van der Waals surface area contributed by atoms with E-state index in [1.54, 1.807) is 0 Å². The molecule has 0 N–H and O–H groups in total. The second-order valence-corrected chi connectivity index (χ2v) is 4.07. The Labute approximate surface area is 85.4 Å². The van der Waals surface area contributed by atoms with Gasteiger partial charge in [-0.05, 0) is 37.5 Å². The van der Waals surface area contributed by atoms with Crippen LogP contribution in [-0.2, 0) is 4.74 Å². The van der Waals surface area contributed by atoms with E-state index in [-0.39, 0.29) is 12.2 Å². The van der Waals surface area contributed by atoms with Gasteiger partial charge in [0.15, 0.2) is 0 Å². The molecular formula is C13H16O. The summed E-state index contributed by atoms with van der Waals surface area (Å²) in [7, 11) is 0. The van der Waals surface area contributed by atoms with Crippen LogP contribution in [0.15, 0.2) is 24.8 Å². The quantitative estimate of drug-likeness (QED) is 0.512. The number of rotatable bonds is 2. The van der Waals surface area contributed by atoms with Gasteiger partial charge in [0.1, 0.15) is 12.2 Å². The lowest BCUT2D eigenvalue weighted by molar-refractivity contribution is 0.393. The molecule has 1 aromatic carbocycles. The molecule has 14 heavy (non-hydrogen) atoms. The summed E-state index contributed by atoms with van der Waals surface area (Å²) in [6.07, 6.45) is 2.37. The van der Waals surface area contributed by atoms with Crippen molar-refractivity contribution < 1.29 is 4.74 Å². The highest BCUT2D eigenvalue weighted by Gasteiger charge is 2.39. The lowest BCUT2D eigenvalue weighted by Gasteiger charge is -2.08. The van der Waals surface area contributed by atoms with Crippen LogP contribution in [0.2, 0.25) is 0 Å². The fourth-order valence-electron chi connectivity index (χ4n) is 2.18. The summed E-state index contributed by atoms with van der Waals surface area (Å²) >= 11 is 0. The van der Waals surface area contributed by atoms with Gasteiger partial charge < -0.3 is 4.74 Å². The van der Waals surface area contributed by atoms with Crippen molar-refractivity contribution >= 4 is 0 Å². The lowest BCUT2D eigenvalue weighted by atomic mass is 9.96. The highest BCUT2D eigenvalue weighted by atomic mass is 16.6. The molecule has 74 valence electrons. The Bertz CT molecular complexity index is 356. The minimum absolute atomic E-state index is 0.232. The van der Waals surface area contributed by atoms with Crippen LogP contribution in [-0.4, -0.2) is 6.10 Å². The van der Waals surface area contributed by atoms with Gasteiger partial charge in [-0.1, -0.05) is 23.8 Å². The minimum Gasteiger partial charge on any atom is -0.360 e. The third-order valence-corrected chi connectivity index (χ3v) is 2.78. The molecule has 1 aliphatic heterocycles. The number of benzene rings is 1. The summed E-state index contributed by atoms with van der Waals surface area (Å²) < 4.78 is 5.54. The fraction of sp³-hybridized carbons (Fsp3) is 0.385. The van der Waals surface area contributed by atoms with E-state index >= 15 is 0 Å².